The van der Waals surface area contributed by atoms with Crippen LogP contribution in [0.3, 0.4) is 0 Å². The molecule has 0 saturated heterocycles. The van der Waals surface area contributed by atoms with Crippen molar-refractivity contribution in [1.82, 2.24) is 0 Å². The van der Waals surface area contributed by atoms with Crippen molar-refractivity contribution < 1.29 is 28.5 Å². The average molecular weight is 755 g/mol. The highest BCUT2D eigenvalue weighted by molar-refractivity contribution is 6.55. The summed E-state index contributed by atoms with van der Waals surface area (Å²) in [5.41, 5.74) is 8.49. The maximum atomic E-state index is 12.7. The highest BCUT2D eigenvalue weighted by atomic mass is 35.5. The summed E-state index contributed by atoms with van der Waals surface area (Å²) >= 11 is 36.8. The monoisotopic (exact) mass is 752 g/mol. The molecule has 242 valence electrons. The fraction of sp³-hybridized carbons (Fsp3) is 0.152. The molecule has 0 radical (unpaired) electrons. The zero-order valence-electron chi connectivity index (χ0n) is 24.2. The Labute approximate surface area is 299 Å². The number of fused-ring (bicyclic) bond motifs is 1. The fourth-order valence-electron chi connectivity index (χ4n) is 4.71. The highest BCUT2D eigenvalue weighted by Gasteiger charge is 2.32. The number of allylic oxidation sites excluding steroid dienone is 1. The van der Waals surface area contributed by atoms with Crippen LogP contribution in [0, 0.1) is 11.3 Å². The number of nitrogens with zero attached hydrogens (tertiary/aromatic N) is 1. The largest absolute Gasteiger partial charge is 0.490 e. The molecule has 0 bridgehead atoms. The summed E-state index contributed by atoms with van der Waals surface area (Å²) in [5.74, 6) is -0.309. The third-order valence-electron chi connectivity index (χ3n) is 6.87. The van der Waals surface area contributed by atoms with Gasteiger partial charge >= 0.3 is 5.97 Å². The van der Waals surface area contributed by atoms with Gasteiger partial charge < -0.3 is 29.4 Å². The van der Waals surface area contributed by atoms with E-state index in [2.05, 4.69) is 6.07 Å². The Morgan fingerprint density at radius 3 is 2.26 bits per heavy atom. The van der Waals surface area contributed by atoms with Crippen molar-refractivity contribution in [2.45, 2.75) is 19.4 Å². The molecule has 0 aromatic heterocycles. The molecule has 0 aliphatic carbocycles. The van der Waals surface area contributed by atoms with Crippen LogP contribution in [-0.2, 0) is 11.4 Å². The molecule has 0 fully saturated rings. The summed E-state index contributed by atoms with van der Waals surface area (Å²) in [6, 6.07) is 19.6. The molecule has 47 heavy (non-hydrogen) atoms. The van der Waals surface area contributed by atoms with Gasteiger partial charge in [0.25, 0.3) is 0 Å². The number of esters is 1. The van der Waals surface area contributed by atoms with Gasteiger partial charge in [-0.3, -0.25) is 0 Å². The normalized spacial score (nSPS) is 13.7. The van der Waals surface area contributed by atoms with Crippen LogP contribution in [-0.4, -0.2) is 19.2 Å². The molecule has 1 atom stereocenters. The van der Waals surface area contributed by atoms with Gasteiger partial charge in [-0.15, -0.1) is 0 Å². The number of hydrogen-bond donors (Lipinski definition) is 1. The van der Waals surface area contributed by atoms with Gasteiger partial charge in [0.2, 0.25) is 5.88 Å². The first-order valence-electron chi connectivity index (χ1n) is 13.7. The second kappa shape index (κ2) is 15.0. The average Bonchev–Trinajstić information content (AvgIpc) is 3.06. The van der Waals surface area contributed by atoms with E-state index in [-0.39, 0.29) is 60.4 Å². The van der Waals surface area contributed by atoms with Crippen LogP contribution in [0.4, 0.5) is 0 Å². The molecule has 0 amide bonds. The lowest BCUT2D eigenvalue weighted by Crippen LogP contribution is -2.22. The Morgan fingerprint density at radius 2 is 1.57 bits per heavy atom. The molecule has 14 heteroatoms. The van der Waals surface area contributed by atoms with E-state index in [1.807, 2.05) is 31.2 Å². The summed E-state index contributed by atoms with van der Waals surface area (Å²) in [6.07, 6.45) is 0. The minimum atomic E-state index is -0.804. The van der Waals surface area contributed by atoms with E-state index in [1.54, 1.807) is 30.3 Å². The van der Waals surface area contributed by atoms with Gasteiger partial charge in [-0.2, -0.15) is 5.26 Å². The maximum absolute atomic E-state index is 12.7. The molecule has 0 saturated carbocycles. The minimum absolute atomic E-state index is 0.0506. The van der Waals surface area contributed by atoms with E-state index in [9.17, 15) is 10.1 Å². The van der Waals surface area contributed by atoms with Crippen LogP contribution >= 0.6 is 69.6 Å². The van der Waals surface area contributed by atoms with Gasteiger partial charge in [-0.25, -0.2) is 4.79 Å². The van der Waals surface area contributed by atoms with Crippen LogP contribution in [0.15, 0.2) is 72.1 Å². The van der Waals surface area contributed by atoms with Crippen molar-refractivity contribution in [3.8, 4) is 34.8 Å². The molecule has 1 aliphatic rings. The Hall–Kier alpha value is -3.68. The summed E-state index contributed by atoms with van der Waals surface area (Å²) in [4.78, 5) is 12.7. The highest BCUT2D eigenvalue weighted by Crippen LogP contribution is 2.48. The summed E-state index contributed by atoms with van der Waals surface area (Å²) in [5, 5.41) is 10.2. The third-order valence-corrected chi connectivity index (χ3v) is 9.48. The smallest absolute Gasteiger partial charge is 0.349 e. The molecule has 1 heterocycles. The molecular weight excluding hydrogens is 733 g/mol. The Bertz CT molecular complexity index is 1910. The molecule has 4 aromatic carbocycles. The number of hydrogen-bond acceptors (Lipinski definition) is 8. The predicted octanol–water partition coefficient (Wildman–Crippen LogP) is 9.79. The Morgan fingerprint density at radius 1 is 0.872 bits per heavy atom. The van der Waals surface area contributed by atoms with Gasteiger partial charge in [0.05, 0.1) is 27.6 Å². The van der Waals surface area contributed by atoms with Crippen LogP contribution < -0.4 is 29.4 Å². The molecule has 8 nitrogen and oxygen atoms in total. The number of benzene rings is 4. The number of ether oxygens (including phenoxy) is 5. The number of halogens is 6. The quantitative estimate of drug-likeness (QED) is 0.0737. The first-order chi connectivity index (χ1) is 22.5. The second-order valence-corrected chi connectivity index (χ2v) is 12.1. The standard InChI is InChI=1S/C33H22Cl6N2O6/c1-2-43-24-11-16(7-10-22(24)44-14-17-5-3-4-6-21(17)34)26-19-9-8-18(12-23(19)47-33(41)20(26)13-40)46-25(42)15-45-32-30(38)28(36)27(35)29(37)31(32)39/h3-12,26H,2,14-15,41H2,1H3. The van der Waals surface area contributed by atoms with Crippen molar-refractivity contribution in [2.24, 2.45) is 5.73 Å². The SMILES string of the molecule is CCOc1cc(C2C(C#N)=C(N)Oc3cc(OC(=O)COc4c(Cl)c(Cl)c(Cl)c(Cl)c4Cl)ccc32)ccc1OCc1ccccc1Cl. The fourth-order valence-corrected chi connectivity index (χ4v) is 6.13. The number of nitriles is 1. The van der Waals surface area contributed by atoms with E-state index in [0.29, 0.717) is 34.3 Å². The summed E-state index contributed by atoms with van der Waals surface area (Å²) < 4.78 is 28.6. The molecule has 1 aliphatic heterocycles. The molecule has 0 spiro atoms. The lowest BCUT2D eigenvalue weighted by molar-refractivity contribution is -0.136. The number of carbonyl (C=O) groups excluding carboxylic acids is 1. The van der Waals surface area contributed by atoms with E-state index < -0.39 is 18.5 Å². The summed E-state index contributed by atoms with van der Waals surface area (Å²) in [7, 11) is 0. The number of carbonyl (C=O) groups is 1. The molecule has 2 N–H and O–H groups in total. The topological polar surface area (TPSA) is 113 Å². The van der Waals surface area contributed by atoms with E-state index >= 15 is 0 Å². The Kier molecular flexibility index (Phi) is 11.1. The first kappa shape index (κ1) is 34.6. The van der Waals surface area contributed by atoms with E-state index in [0.717, 1.165) is 5.56 Å². The maximum Gasteiger partial charge on any atom is 0.349 e. The molecule has 1 unspecified atom stereocenters. The van der Waals surface area contributed by atoms with Gasteiger partial charge in [0, 0.05) is 22.2 Å². The minimum Gasteiger partial charge on any atom is -0.490 e. The van der Waals surface area contributed by atoms with Crippen LogP contribution in [0.1, 0.15) is 29.5 Å². The Balaban J connectivity index is 1.38. The van der Waals surface area contributed by atoms with Crippen LogP contribution in [0.2, 0.25) is 30.1 Å². The molecule has 5 rings (SSSR count). The first-order valence-corrected chi connectivity index (χ1v) is 16.0. The lowest BCUT2D eigenvalue weighted by atomic mass is 9.83. The zero-order valence-corrected chi connectivity index (χ0v) is 28.7. The number of nitrogens with two attached hydrogens (primary N) is 1. The van der Waals surface area contributed by atoms with Crippen molar-refractivity contribution in [3.05, 3.63) is 119 Å². The van der Waals surface area contributed by atoms with Crippen molar-refractivity contribution >= 4 is 75.6 Å². The van der Waals surface area contributed by atoms with Crippen LogP contribution in [0.25, 0.3) is 0 Å². The number of rotatable bonds is 10. The summed E-state index contributed by atoms with van der Waals surface area (Å²) in [6.45, 7) is 1.85. The van der Waals surface area contributed by atoms with Gasteiger partial charge in [-0.05, 0) is 36.8 Å². The third kappa shape index (κ3) is 7.42. The van der Waals surface area contributed by atoms with E-state index in [4.69, 9.17) is 99.0 Å². The van der Waals surface area contributed by atoms with E-state index in [1.165, 1.54) is 6.07 Å². The predicted molar refractivity (Wildman–Crippen MR) is 182 cm³/mol. The van der Waals surface area contributed by atoms with Gasteiger partial charge in [0.15, 0.2) is 23.9 Å². The van der Waals surface area contributed by atoms with Crippen LogP contribution in [0.5, 0.6) is 28.7 Å². The molecular formula is C33H22Cl6N2O6. The molecule has 4 aromatic rings. The second-order valence-electron chi connectivity index (χ2n) is 9.81. The van der Waals surface area contributed by atoms with Crippen molar-refractivity contribution in [1.29, 1.82) is 5.26 Å². The van der Waals surface area contributed by atoms with Crippen molar-refractivity contribution in [3.63, 3.8) is 0 Å². The van der Waals surface area contributed by atoms with Crippen molar-refractivity contribution in [2.75, 3.05) is 13.2 Å². The zero-order chi connectivity index (χ0) is 33.8. The van der Waals surface area contributed by atoms with Gasteiger partial charge in [0.1, 0.15) is 39.8 Å². The van der Waals surface area contributed by atoms with Gasteiger partial charge in [-0.1, -0.05) is 99.9 Å². The lowest BCUT2D eigenvalue weighted by Gasteiger charge is -2.27.